The maximum atomic E-state index is 12.7. The van der Waals surface area contributed by atoms with Crippen molar-refractivity contribution < 1.29 is 9.53 Å². The van der Waals surface area contributed by atoms with Crippen LogP contribution >= 0.6 is 35.6 Å². The molecule has 0 spiro atoms. The maximum absolute atomic E-state index is 12.7. The Morgan fingerprint density at radius 1 is 1.20 bits per heavy atom. The first-order valence-corrected chi connectivity index (χ1v) is 9.03. The Morgan fingerprint density at radius 3 is 2.64 bits per heavy atom. The van der Waals surface area contributed by atoms with Crippen LogP contribution < -0.4 is 9.64 Å². The van der Waals surface area contributed by atoms with Gasteiger partial charge in [0.1, 0.15) is 5.75 Å². The minimum Gasteiger partial charge on any atom is -0.495 e. The van der Waals surface area contributed by atoms with E-state index in [1.165, 1.54) is 16.7 Å². The van der Waals surface area contributed by atoms with Gasteiger partial charge in [-0.15, -0.1) is 0 Å². The van der Waals surface area contributed by atoms with Crippen molar-refractivity contribution >= 4 is 57.6 Å². The fraction of sp³-hybridized carbons (Fsp3) is 0.0526. The number of thioether (sulfide) groups is 1. The van der Waals surface area contributed by atoms with Crippen molar-refractivity contribution in [2.24, 2.45) is 0 Å². The quantitative estimate of drug-likeness (QED) is 0.525. The van der Waals surface area contributed by atoms with Gasteiger partial charge < -0.3 is 4.74 Å². The number of carbonyl (C=O) groups excluding carboxylic acids is 1. The molecule has 1 fully saturated rings. The summed E-state index contributed by atoms with van der Waals surface area (Å²) in [6, 6.07) is 15.0. The molecule has 0 saturated carbocycles. The first kappa shape index (κ1) is 17.7. The van der Waals surface area contributed by atoms with Crippen molar-refractivity contribution in [1.82, 2.24) is 0 Å². The van der Waals surface area contributed by atoms with E-state index in [1.54, 1.807) is 31.4 Å². The maximum Gasteiger partial charge on any atom is 0.270 e. The summed E-state index contributed by atoms with van der Waals surface area (Å²) in [4.78, 5) is 14.7. The second-order valence-corrected chi connectivity index (χ2v) is 7.21. The van der Waals surface area contributed by atoms with E-state index in [4.69, 9.17) is 28.6 Å². The Hall–Kier alpha value is -2.08. The minimum absolute atomic E-state index is 0.158. The van der Waals surface area contributed by atoms with Crippen LogP contribution in [0.5, 0.6) is 5.75 Å². The minimum atomic E-state index is -0.158. The van der Waals surface area contributed by atoms with Crippen LogP contribution in [0.3, 0.4) is 0 Å². The Bertz CT molecular complexity index is 878. The van der Waals surface area contributed by atoms with E-state index in [0.29, 0.717) is 25.7 Å². The highest BCUT2D eigenvalue weighted by Gasteiger charge is 2.33. The third-order valence-electron chi connectivity index (χ3n) is 3.52. The molecule has 2 aromatic carbocycles. The van der Waals surface area contributed by atoms with Gasteiger partial charge in [-0.3, -0.25) is 9.69 Å². The fourth-order valence-corrected chi connectivity index (χ4v) is 3.81. The molecule has 0 bridgehead atoms. The molecule has 3 nitrogen and oxygen atoms in total. The molecule has 6 heteroatoms. The Balaban J connectivity index is 1.81. The number of anilines is 1. The molecular formula is C19H14ClNO2S2. The monoisotopic (exact) mass is 387 g/mol. The zero-order valence-corrected chi connectivity index (χ0v) is 15.7. The summed E-state index contributed by atoms with van der Waals surface area (Å²) >= 11 is 12.8. The van der Waals surface area contributed by atoms with Gasteiger partial charge in [0, 0.05) is 0 Å². The fourth-order valence-electron chi connectivity index (χ4n) is 2.31. The van der Waals surface area contributed by atoms with Crippen LogP contribution in [-0.2, 0) is 4.79 Å². The second kappa shape index (κ2) is 7.87. The van der Waals surface area contributed by atoms with Gasteiger partial charge in [0.25, 0.3) is 5.91 Å². The lowest BCUT2D eigenvalue weighted by molar-refractivity contribution is -0.113. The molecule has 0 unspecified atom stereocenters. The van der Waals surface area contributed by atoms with Crippen LogP contribution in [0.25, 0.3) is 6.08 Å². The number of ether oxygens (including phenoxy) is 1. The molecule has 126 valence electrons. The Labute approximate surface area is 160 Å². The highest BCUT2D eigenvalue weighted by atomic mass is 35.5. The highest BCUT2D eigenvalue weighted by molar-refractivity contribution is 8.27. The lowest BCUT2D eigenvalue weighted by Crippen LogP contribution is -2.27. The molecule has 0 radical (unpaired) electrons. The molecule has 0 aromatic heterocycles. The molecule has 3 rings (SSSR count). The molecule has 1 aliphatic heterocycles. The number of nitrogens with zero attached hydrogens (tertiary/aromatic N) is 1. The highest BCUT2D eigenvalue weighted by Crippen LogP contribution is 2.37. The van der Waals surface area contributed by atoms with E-state index < -0.39 is 0 Å². The van der Waals surface area contributed by atoms with Crippen LogP contribution in [0.1, 0.15) is 5.56 Å². The molecule has 1 heterocycles. The van der Waals surface area contributed by atoms with Crippen LogP contribution in [-0.4, -0.2) is 17.3 Å². The lowest BCUT2D eigenvalue weighted by atomic mass is 10.2. The summed E-state index contributed by atoms with van der Waals surface area (Å²) in [6.07, 6.45) is 5.57. The first-order valence-electron chi connectivity index (χ1n) is 7.43. The summed E-state index contributed by atoms with van der Waals surface area (Å²) in [7, 11) is 1.54. The molecule has 1 aliphatic rings. The number of amides is 1. The summed E-state index contributed by atoms with van der Waals surface area (Å²) in [5.41, 5.74) is 1.69. The van der Waals surface area contributed by atoms with Crippen molar-refractivity contribution in [1.29, 1.82) is 0 Å². The summed E-state index contributed by atoms with van der Waals surface area (Å²) < 4.78 is 5.62. The van der Waals surface area contributed by atoms with Crippen LogP contribution in [0.2, 0.25) is 5.02 Å². The van der Waals surface area contributed by atoms with Crippen molar-refractivity contribution in [3.05, 3.63) is 76.2 Å². The number of carbonyl (C=O) groups is 1. The SMILES string of the molecule is COc1ccc(N2C(=O)/C(=C/C=C\c3ccccc3)SC2=S)cc1Cl. The predicted octanol–water partition coefficient (Wildman–Crippen LogP) is 5.31. The molecule has 0 N–H and O–H groups in total. The van der Waals surface area contributed by atoms with Crippen LogP contribution in [0, 0.1) is 0 Å². The predicted molar refractivity (Wildman–Crippen MR) is 109 cm³/mol. The number of methoxy groups -OCH3 is 1. The molecule has 0 aliphatic carbocycles. The third-order valence-corrected chi connectivity index (χ3v) is 5.14. The molecule has 0 atom stereocenters. The number of hydrogen-bond donors (Lipinski definition) is 0. The average Bonchev–Trinajstić information content (AvgIpc) is 2.89. The van der Waals surface area contributed by atoms with Gasteiger partial charge >= 0.3 is 0 Å². The topological polar surface area (TPSA) is 29.5 Å². The van der Waals surface area contributed by atoms with E-state index in [-0.39, 0.29) is 5.91 Å². The van der Waals surface area contributed by atoms with E-state index in [1.807, 2.05) is 42.5 Å². The van der Waals surface area contributed by atoms with Gasteiger partial charge in [0.2, 0.25) is 0 Å². The summed E-state index contributed by atoms with van der Waals surface area (Å²) in [5, 5.41) is 0.432. The smallest absolute Gasteiger partial charge is 0.270 e. The molecular weight excluding hydrogens is 374 g/mol. The average molecular weight is 388 g/mol. The standard InChI is InChI=1S/C19H14ClNO2S2/c1-23-16-11-10-14(12-15(16)20)21-18(22)17(25-19(21)24)9-5-8-13-6-3-2-4-7-13/h2-12H,1H3/b8-5-,17-9-. The summed E-state index contributed by atoms with van der Waals surface area (Å²) in [5.74, 6) is 0.395. The van der Waals surface area contributed by atoms with Crippen LogP contribution in [0.4, 0.5) is 5.69 Å². The zero-order valence-electron chi connectivity index (χ0n) is 13.3. The normalized spacial score (nSPS) is 16.2. The van der Waals surface area contributed by atoms with Crippen molar-refractivity contribution in [3.8, 4) is 5.75 Å². The van der Waals surface area contributed by atoms with E-state index in [9.17, 15) is 4.79 Å². The lowest BCUT2D eigenvalue weighted by Gasteiger charge is -2.15. The molecule has 1 saturated heterocycles. The molecule has 1 amide bonds. The van der Waals surface area contributed by atoms with Gasteiger partial charge in [-0.2, -0.15) is 0 Å². The Morgan fingerprint density at radius 2 is 1.96 bits per heavy atom. The Kier molecular flexibility index (Phi) is 5.58. The van der Waals surface area contributed by atoms with Crippen molar-refractivity contribution in [3.63, 3.8) is 0 Å². The molecule has 2 aromatic rings. The van der Waals surface area contributed by atoms with Crippen LogP contribution in [0.15, 0.2) is 65.6 Å². The first-order chi connectivity index (χ1) is 12.1. The number of rotatable bonds is 4. The zero-order chi connectivity index (χ0) is 17.8. The number of benzene rings is 2. The van der Waals surface area contributed by atoms with Crippen molar-refractivity contribution in [2.45, 2.75) is 0 Å². The third kappa shape index (κ3) is 3.95. The van der Waals surface area contributed by atoms with E-state index in [2.05, 4.69) is 0 Å². The van der Waals surface area contributed by atoms with Gasteiger partial charge in [-0.25, -0.2) is 0 Å². The number of halogens is 1. The largest absolute Gasteiger partial charge is 0.495 e. The van der Waals surface area contributed by atoms with E-state index in [0.717, 1.165) is 5.56 Å². The van der Waals surface area contributed by atoms with Crippen molar-refractivity contribution in [2.75, 3.05) is 12.0 Å². The van der Waals surface area contributed by atoms with Gasteiger partial charge in [0.15, 0.2) is 4.32 Å². The number of thiocarbonyl (C=S) groups is 1. The molecule has 25 heavy (non-hydrogen) atoms. The van der Waals surface area contributed by atoms with E-state index >= 15 is 0 Å². The number of hydrogen-bond acceptors (Lipinski definition) is 4. The van der Waals surface area contributed by atoms with Gasteiger partial charge in [0.05, 0.1) is 22.7 Å². The van der Waals surface area contributed by atoms with Gasteiger partial charge in [-0.05, 0) is 29.8 Å². The number of allylic oxidation sites excluding steroid dienone is 2. The van der Waals surface area contributed by atoms with Gasteiger partial charge in [-0.1, -0.05) is 78.1 Å². The second-order valence-electron chi connectivity index (χ2n) is 5.13. The summed E-state index contributed by atoms with van der Waals surface area (Å²) in [6.45, 7) is 0.